The Hall–Kier alpha value is -3.21. The van der Waals surface area contributed by atoms with Gasteiger partial charge in [0.15, 0.2) is 5.75 Å². The molecular weight excluding hydrogens is 335 g/mol. The topological polar surface area (TPSA) is 74.2 Å². The third-order valence-corrected chi connectivity index (χ3v) is 3.07. The predicted molar refractivity (Wildman–Crippen MR) is 86.0 cm³/mol. The molecule has 0 spiro atoms. The number of nitrogens with one attached hydrogen (secondary N) is 2. The van der Waals surface area contributed by atoms with Gasteiger partial charge in [0.25, 0.3) is 0 Å². The Morgan fingerprint density at radius 3 is 2.44 bits per heavy atom. The van der Waals surface area contributed by atoms with E-state index in [-0.39, 0.29) is 18.7 Å². The maximum absolute atomic E-state index is 12.3. The molecular formula is C17H14F3N3O2. The lowest BCUT2D eigenvalue weighted by Crippen LogP contribution is -2.23. The molecule has 0 aliphatic carbocycles. The number of nitrogens with zero attached hydrogens (tertiary/aromatic N) is 1. The Balaban J connectivity index is 1.93. The van der Waals surface area contributed by atoms with Crippen LogP contribution >= 0.6 is 0 Å². The predicted octanol–water partition coefficient (Wildman–Crippen LogP) is 3.70. The van der Waals surface area contributed by atoms with Crippen LogP contribution in [0.25, 0.3) is 0 Å². The van der Waals surface area contributed by atoms with Crippen molar-refractivity contribution in [1.82, 2.24) is 0 Å². The summed E-state index contributed by atoms with van der Waals surface area (Å²) in [6.45, 7) is -0.238. The minimum atomic E-state index is -4.81. The monoisotopic (exact) mass is 349 g/mol. The molecule has 2 rings (SSSR count). The van der Waals surface area contributed by atoms with Crippen LogP contribution < -0.4 is 15.4 Å². The molecule has 0 aromatic heterocycles. The first-order valence-electron chi connectivity index (χ1n) is 7.22. The van der Waals surface area contributed by atoms with Crippen molar-refractivity contribution in [3.8, 4) is 11.8 Å². The molecule has 5 nitrogen and oxygen atoms in total. The van der Waals surface area contributed by atoms with Crippen molar-refractivity contribution in [2.75, 3.05) is 17.2 Å². The normalized spacial score (nSPS) is 10.6. The zero-order valence-electron chi connectivity index (χ0n) is 12.9. The van der Waals surface area contributed by atoms with Crippen molar-refractivity contribution in [1.29, 1.82) is 5.26 Å². The van der Waals surface area contributed by atoms with Gasteiger partial charge < -0.3 is 15.4 Å². The van der Waals surface area contributed by atoms with E-state index in [0.717, 1.165) is 11.6 Å². The first-order chi connectivity index (χ1) is 11.9. The van der Waals surface area contributed by atoms with Crippen molar-refractivity contribution < 1.29 is 22.7 Å². The molecule has 0 heterocycles. The summed E-state index contributed by atoms with van der Waals surface area (Å²) in [6, 6.07) is 14.2. The Morgan fingerprint density at radius 1 is 1.12 bits per heavy atom. The maximum Gasteiger partial charge on any atom is 0.573 e. The van der Waals surface area contributed by atoms with Gasteiger partial charge in [-0.25, -0.2) is 0 Å². The van der Waals surface area contributed by atoms with Crippen LogP contribution in [-0.4, -0.2) is 18.8 Å². The number of hydrogen-bond donors (Lipinski definition) is 2. The standard InChI is InChI=1S/C17H14F3N3O2/c18-17(19,20)25-15-4-2-1-3-14(15)22-11-16(24)23-13-7-5-12(6-8-13)9-10-21/h1-8,22H,9,11H2,(H,23,24). The van der Waals surface area contributed by atoms with E-state index in [9.17, 15) is 18.0 Å². The summed E-state index contributed by atoms with van der Waals surface area (Å²) in [6.07, 6.45) is -4.54. The highest BCUT2D eigenvalue weighted by Gasteiger charge is 2.32. The van der Waals surface area contributed by atoms with Gasteiger partial charge in [0, 0.05) is 5.69 Å². The van der Waals surface area contributed by atoms with Crippen LogP contribution in [0.2, 0.25) is 0 Å². The zero-order valence-corrected chi connectivity index (χ0v) is 12.9. The van der Waals surface area contributed by atoms with Gasteiger partial charge >= 0.3 is 6.36 Å². The van der Waals surface area contributed by atoms with Crippen molar-refractivity contribution >= 4 is 17.3 Å². The number of hydrogen-bond acceptors (Lipinski definition) is 4. The lowest BCUT2D eigenvalue weighted by atomic mass is 10.1. The second-order valence-electron chi connectivity index (χ2n) is 4.98. The molecule has 0 atom stereocenters. The fourth-order valence-corrected chi connectivity index (χ4v) is 2.00. The lowest BCUT2D eigenvalue weighted by Gasteiger charge is -2.14. The zero-order chi connectivity index (χ0) is 18.3. The number of halogens is 3. The van der Waals surface area contributed by atoms with Gasteiger partial charge in [-0.1, -0.05) is 24.3 Å². The molecule has 0 aliphatic rings. The van der Waals surface area contributed by atoms with Crippen molar-refractivity contribution in [3.05, 3.63) is 54.1 Å². The molecule has 0 saturated carbocycles. The van der Waals surface area contributed by atoms with E-state index >= 15 is 0 Å². The minimum Gasteiger partial charge on any atom is -0.404 e. The average Bonchev–Trinajstić information content (AvgIpc) is 2.55. The second kappa shape index (κ2) is 8.06. The highest BCUT2D eigenvalue weighted by Crippen LogP contribution is 2.29. The van der Waals surface area contributed by atoms with E-state index in [0.29, 0.717) is 5.69 Å². The molecule has 0 unspecified atom stereocenters. The van der Waals surface area contributed by atoms with E-state index < -0.39 is 18.0 Å². The summed E-state index contributed by atoms with van der Waals surface area (Å²) in [5.74, 6) is -0.849. The number of anilines is 2. The molecule has 0 aliphatic heterocycles. The Labute approximate surface area is 142 Å². The molecule has 0 radical (unpaired) electrons. The third kappa shape index (κ3) is 6.06. The SMILES string of the molecule is N#CCc1ccc(NC(=O)CNc2ccccc2OC(F)(F)F)cc1. The van der Waals surface area contributed by atoms with Crippen molar-refractivity contribution in [3.63, 3.8) is 0 Å². The molecule has 1 amide bonds. The van der Waals surface area contributed by atoms with Crippen LogP contribution in [0.3, 0.4) is 0 Å². The fourth-order valence-electron chi connectivity index (χ4n) is 2.00. The summed E-state index contributed by atoms with van der Waals surface area (Å²) in [4.78, 5) is 11.9. The fraction of sp³-hybridized carbons (Fsp3) is 0.176. The third-order valence-electron chi connectivity index (χ3n) is 3.07. The number of carbonyl (C=O) groups is 1. The van der Waals surface area contributed by atoms with Crippen LogP contribution in [0, 0.1) is 11.3 Å². The first kappa shape index (κ1) is 18.1. The van der Waals surface area contributed by atoms with Crippen molar-refractivity contribution in [2.24, 2.45) is 0 Å². The summed E-state index contributed by atoms with van der Waals surface area (Å²) in [7, 11) is 0. The van der Waals surface area contributed by atoms with E-state index in [1.165, 1.54) is 18.2 Å². The van der Waals surface area contributed by atoms with Crippen LogP contribution in [0.15, 0.2) is 48.5 Å². The number of alkyl halides is 3. The summed E-state index contributed by atoms with van der Waals surface area (Å²) in [5.41, 5.74) is 1.39. The summed E-state index contributed by atoms with van der Waals surface area (Å²) in [5, 5.41) is 13.8. The van der Waals surface area contributed by atoms with E-state index in [4.69, 9.17) is 5.26 Å². The number of para-hydroxylation sites is 2. The Morgan fingerprint density at radius 2 is 1.80 bits per heavy atom. The van der Waals surface area contributed by atoms with Gasteiger partial charge in [-0.3, -0.25) is 4.79 Å². The molecule has 2 aromatic rings. The summed E-state index contributed by atoms with van der Waals surface area (Å²) < 4.78 is 40.9. The smallest absolute Gasteiger partial charge is 0.404 e. The van der Waals surface area contributed by atoms with Gasteiger partial charge in [0.1, 0.15) is 0 Å². The molecule has 0 fully saturated rings. The second-order valence-corrected chi connectivity index (χ2v) is 4.98. The number of rotatable bonds is 6. The van der Waals surface area contributed by atoms with Crippen LogP contribution in [0.1, 0.15) is 5.56 Å². The van der Waals surface area contributed by atoms with Gasteiger partial charge in [-0.15, -0.1) is 13.2 Å². The summed E-state index contributed by atoms with van der Waals surface area (Å²) >= 11 is 0. The van der Waals surface area contributed by atoms with E-state index in [2.05, 4.69) is 15.4 Å². The number of ether oxygens (including phenoxy) is 1. The van der Waals surface area contributed by atoms with Crippen LogP contribution in [-0.2, 0) is 11.2 Å². The van der Waals surface area contributed by atoms with Gasteiger partial charge in [-0.2, -0.15) is 5.26 Å². The number of carbonyl (C=O) groups excluding carboxylic acids is 1. The number of benzene rings is 2. The first-order valence-corrected chi connectivity index (χ1v) is 7.22. The molecule has 8 heteroatoms. The minimum absolute atomic E-state index is 0.0549. The van der Waals surface area contributed by atoms with Crippen LogP contribution in [0.4, 0.5) is 24.5 Å². The van der Waals surface area contributed by atoms with Crippen molar-refractivity contribution in [2.45, 2.75) is 12.8 Å². The Bertz CT molecular complexity index is 768. The lowest BCUT2D eigenvalue weighted by molar-refractivity contribution is -0.274. The van der Waals surface area contributed by atoms with Gasteiger partial charge in [-0.05, 0) is 29.8 Å². The van der Waals surface area contributed by atoms with E-state index in [1.54, 1.807) is 24.3 Å². The molecule has 130 valence electrons. The highest BCUT2D eigenvalue weighted by molar-refractivity contribution is 5.93. The van der Waals surface area contributed by atoms with E-state index in [1.807, 2.05) is 6.07 Å². The number of amides is 1. The largest absolute Gasteiger partial charge is 0.573 e. The quantitative estimate of drug-likeness (QED) is 0.834. The maximum atomic E-state index is 12.3. The molecule has 2 aromatic carbocycles. The van der Waals surface area contributed by atoms with Gasteiger partial charge in [0.2, 0.25) is 5.91 Å². The van der Waals surface area contributed by atoms with Gasteiger partial charge in [0.05, 0.1) is 24.7 Å². The average molecular weight is 349 g/mol. The molecule has 2 N–H and O–H groups in total. The molecule has 0 saturated heterocycles. The Kier molecular flexibility index (Phi) is 5.84. The molecule has 25 heavy (non-hydrogen) atoms. The number of nitriles is 1. The van der Waals surface area contributed by atoms with Crippen LogP contribution in [0.5, 0.6) is 5.75 Å². The molecule has 0 bridgehead atoms. The highest BCUT2D eigenvalue weighted by atomic mass is 19.4.